The fourth-order valence-corrected chi connectivity index (χ4v) is 1.96. The molecule has 3 nitrogen and oxygen atoms in total. The van der Waals surface area contributed by atoms with E-state index in [0.29, 0.717) is 11.8 Å². The summed E-state index contributed by atoms with van der Waals surface area (Å²) in [6, 6.07) is 3.81. The highest BCUT2D eigenvalue weighted by Gasteiger charge is 2.28. The van der Waals surface area contributed by atoms with Crippen molar-refractivity contribution in [2.45, 2.75) is 25.8 Å². The van der Waals surface area contributed by atoms with Crippen molar-refractivity contribution in [2.75, 3.05) is 6.54 Å². The van der Waals surface area contributed by atoms with Gasteiger partial charge in [-0.25, -0.2) is 0 Å². The first-order chi connectivity index (χ1) is 6.79. The van der Waals surface area contributed by atoms with Crippen molar-refractivity contribution in [3.8, 4) is 0 Å². The molecule has 1 aromatic heterocycles. The summed E-state index contributed by atoms with van der Waals surface area (Å²) in [6.45, 7) is 2.99. The molecule has 1 saturated heterocycles. The third kappa shape index (κ3) is 1.73. The topological polar surface area (TPSA) is 42.2 Å². The highest BCUT2D eigenvalue weighted by molar-refractivity contribution is 5.95. The molecular formula is C11H15NO2. The van der Waals surface area contributed by atoms with Gasteiger partial charge in [-0.2, -0.15) is 0 Å². The Labute approximate surface area is 83.5 Å². The maximum absolute atomic E-state index is 11.9. The molecule has 14 heavy (non-hydrogen) atoms. The molecule has 0 bridgehead atoms. The molecule has 76 valence electrons. The minimum absolute atomic E-state index is 0.0173. The SMILES string of the molecule is CC(C(=O)c1ccco1)C1CCCN1. The van der Waals surface area contributed by atoms with Gasteiger partial charge in [0, 0.05) is 12.0 Å². The third-order valence-corrected chi connectivity index (χ3v) is 2.88. The van der Waals surface area contributed by atoms with Crippen LogP contribution < -0.4 is 5.32 Å². The normalized spacial score (nSPS) is 23.6. The first kappa shape index (κ1) is 9.46. The molecule has 0 spiro atoms. The van der Waals surface area contributed by atoms with E-state index in [1.807, 2.05) is 6.92 Å². The highest BCUT2D eigenvalue weighted by atomic mass is 16.3. The lowest BCUT2D eigenvalue weighted by atomic mass is 9.94. The average molecular weight is 193 g/mol. The lowest BCUT2D eigenvalue weighted by Gasteiger charge is -2.16. The fraction of sp³-hybridized carbons (Fsp3) is 0.545. The number of hydrogen-bond donors (Lipinski definition) is 1. The summed E-state index contributed by atoms with van der Waals surface area (Å²) >= 11 is 0. The van der Waals surface area contributed by atoms with Gasteiger partial charge in [0.05, 0.1) is 6.26 Å². The maximum atomic E-state index is 11.9. The van der Waals surface area contributed by atoms with Gasteiger partial charge in [-0.05, 0) is 31.5 Å². The van der Waals surface area contributed by atoms with E-state index in [-0.39, 0.29) is 11.7 Å². The molecule has 2 rings (SSSR count). The standard InChI is InChI=1S/C11H15NO2/c1-8(9-4-2-6-12-9)11(13)10-5-3-7-14-10/h3,5,7-9,12H,2,4,6H2,1H3. The Bertz CT molecular complexity index is 299. The number of carbonyl (C=O) groups is 1. The summed E-state index contributed by atoms with van der Waals surface area (Å²) in [6.07, 6.45) is 3.80. The lowest BCUT2D eigenvalue weighted by Crippen LogP contribution is -2.33. The largest absolute Gasteiger partial charge is 0.461 e. The van der Waals surface area contributed by atoms with Crippen molar-refractivity contribution in [3.63, 3.8) is 0 Å². The molecule has 1 aliphatic rings. The molecule has 2 heterocycles. The molecular weight excluding hydrogens is 178 g/mol. The van der Waals surface area contributed by atoms with Crippen LogP contribution in [0.1, 0.15) is 30.3 Å². The predicted molar refractivity (Wildman–Crippen MR) is 53.2 cm³/mol. The number of Topliss-reactive ketones (excluding diaryl/α,β-unsaturated/α-hetero) is 1. The van der Waals surface area contributed by atoms with Crippen LogP contribution in [0.5, 0.6) is 0 Å². The molecule has 1 fully saturated rings. The van der Waals surface area contributed by atoms with Crippen LogP contribution in [0, 0.1) is 5.92 Å². The van der Waals surface area contributed by atoms with Crippen molar-refractivity contribution < 1.29 is 9.21 Å². The van der Waals surface area contributed by atoms with Crippen LogP contribution in [-0.4, -0.2) is 18.4 Å². The number of nitrogens with one attached hydrogen (secondary N) is 1. The number of carbonyl (C=O) groups excluding carboxylic acids is 1. The molecule has 1 aromatic rings. The van der Waals surface area contributed by atoms with E-state index in [9.17, 15) is 4.79 Å². The van der Waals surface area contributed by atoms with Crippen LogP contribution in [-0.2, 0) is 0 Å². The van der Waals surface area contributed by atoms with E-state index in [4.69, 9.17) is 4.42 Å². The van der Waals surface area contributed by atoms with Crippen molar-refractivity contribution in [3.05, 3.63) is 24.2 Å². The maximum Gasteiger partial charge on any atom is 0.202 e. The summed E-state index contributed by atoms with van der Waals surface area (Å²) in [5.74, 6) is 0.601. The Morgan fingerprint density at radius 3 is 3.14 bits per heavy atom. The Morgan fingerprint density at radius 1 is 1.71 bits per heavy atom. The Hall–Kier alpha value is -1.09. The van der Waals surface area contributed by atoms with Crippen molar-refractivity contribution in [1.29, 1.82) is 0 Å². The molecule has 0 radical (unpaired) electrons. The Kier molecular flexibility index (Phi) is 2.68. The van der Waals surface area contributed by atoms with Crippen LogP contribution in [0.2, 0.25) is 0 Å². The summed E-state index contributed by atoms with van der Waals surface area (Å²) in [5.41, 5.74) is 0. The van der Waals surface area contributed by atoms with Crippen LogP contribution in [0.15, 0.2) is 22.8 Å². The Morgan fingerprint density at radius 2 is 2.57 bits per heavy atom. The third-order valence-electron chi connectivity index (χ3n) is 2.88. The monoisotopic (exact) mass is 193 g/mol. The molecule has 0 amide bonds. The van der Waals surface area contributed by atoms with E-state index < -0.39 is 0 Å². The van der Waals surface area contributed by atoms with Crippen molar-refractivity contribution in [1.82, 2.24) is 5.32 Å². The van der Waals surface area contributed by atoms with Crippen LogP contribution >= 0.6 is 0 Å². The van der Waals surface area contributed by atoms with Crippen LogP contribution in [0.25, 0.3) is 0 Å². The van der Waals surface area contributed by atoms with Gasteiger partial charge in [0.1, 0.15) is 0 Å². The van der Waals surface area contributed by atoms with Crippen LogP contribution in [0.4, 0.5) is 0 Å². The van der Waals surface area contributed by atoms with E-state index in [1.165, 1.54) is 6.42 Å². The zero-order valence-corrected chi connectivity index (χ0v) is 8.32. The second-order valence-electron chi connectivity index (χ2n) is 3.83. The molecule has 3 heteroatoms. The van der Waals surface area contributed by atoms with Gasteiger partial charge >= 0.3 is 0 Å². The summed E-state index contributed by atoms with van der Waals surface area (Å²) < 4.78 is 5.10. The van der Waals surface area contributed by atoms with Crippen molar-refractivity contribution >= 4 is 5.78 Å². The van der Waals surface area contributed by atoms with Gasteiger partial charge in [0.25, 0.3) is 0 Å². The molecule has 2 unspecified atom stereocenters. The van der Waals surface area contributed by atoms with Gasteiger partial charge < -0.3 is 9.73 Å². The van der Waals surface area contributed by atoms with E-state index >= 15 is 0 Å². The first-order valence-electron chi connectivity index (χ1n) is 5.10. The van der Waals surface area contributed by atoms with Gasteiger partial charge in [0.15, 0.2) is 5.76 Å². The summed E-state index contributed by atoms with van der Waals surface area (Å²) in [5, 5.41) is 3.34. The van der Waals surface area contributed by atoms with Gasteiger partial charge in [-0.15, -0.1) is 0 Å². The number of furan rings is 1. The molecule has 0 aliphatic carbocycles. The fourth-order valence-electron chi connectivity index (χ4n) is 1.96. The van der Waals surface area contributed by atoms with Gasteiger partial charge in [-0.1, -0.05) is 6.92 Å². The van der Waals surface area contributed by atoms with E-state index in [2.05, 4.69) is 5.32 Å². The summed E-state index contributed by atoms with van der Waals surface area (Å²) in [7, 11) is 0. The molecule has 1 aliphatic heterocycles. The minimum atomic E-state index is 0.0173. The van der Waals surface area contributed by atoms with Gasteiger partial charge in [0.2, 0.25) is 5.78 Å². The quantitative estimate of drug-likeness (QED) is 0.745. The molecule has 0 saturated carbocycles. The first-order valence-corrected chi connectivity index (χ1v) is 5.10. The second kappa shape index (κ2) is 3.96. The number of ketones is 1. The number of rotatable bonds is 3. The zero-order valence-electron chi connectivity index (χ0n) is 8.32. The summed E-state index contributed by atoms with van der Waals surface area (Å²) in [4.78, 5) is 11.9. The molecule has 0 aromatic carbocycles. The smallest absolute Gasteiger partial charge is 0.202 e. The number of hydrogen-bond acceptors (Lipinski definition) is 3. The minimum Gasteiger partial charge on any atom is -0.461 e. The second-order valence-corrected chi connectivity index (χ2v) is 3.83. The molecule has 1 N–H and O–H groups in total. The molecule has 2 atom stereocenters. The highest BCUT2D eigenvalue weighted by Crippen LogP contribution is 2.19. The van der Waals surface area contributed by atoms with Gasteiger partial charge in [-0.3, -0.25) is 4.79 Å². The Balaban J connectivity index is 2.04. The van der Waals surface area contributed by atoms with E-state index in [0.717, 1.165) is 13.0 Å². The predicted octanol–water partition coefficient (Wildman–Crippen LogP) is 1.85. The van der Waals surface area contributed by atoms with E-state index in [1.54, 1.807) is 18.4 Å². The average Bonchev–Trinajstić information content (AvgIpc) is 2.87. The van der Waals surface area contributed by atoms with Crippen LogP contribution in [0.3, 0.4) is 0 Å². The van der Waals surface area contributed by atoms with Crippen molar-refractivity contribution in [2.24, 2.45) is 5.92 Å². The lowest BCUT2D eigenvalue weighted by molar-refractivity contribution is 0.0879. The zero-order chi connectivity index (χ0) is 9.97.